The maximum atomic E-state index is 12.8. The van der Waals surface area contributed by atoms with E-state index >= 15 is 0 Å². The second-order valence-corrected chi connectivity index (χ2v) is 3.52. The number of nitrogen functional groups attached to an aromatic ring is 1. The standard InChI is InChI=1S/C11H14FN3O2/c1-2-15(6-10(14)16)11(17)8-4-3-7(12)5-9(8)13/h3-5H,2,6,13H2,1H3,(H2,14,16). The Hall–Kier alpha value is -2.11. The predicted octanol–water partition coefficient (Wildman–Crippen LogP) is 0.355. The Kier molecular flexibility index (Phi) is 4.03. The third kappa shape index (κ3) is 3.17. The minimum atomic E-state index is -0.610. The van der Waals surface area contributed by atoms with E-state index in [1.54, 1.807) is 6.92 Å². The number of likely N-dealkylation sites (N-methyl/N-ethyl adjacent to an activating group) is 1. The van der Waals surface area contributed by atoms with Crippen LogP contribution in [0.5, 0.6) is 0 Å². The van der Waals surface area contributed by atoms with E-state index in [4.69, 9.17) is 11.5 Å². The fraction of sp³-hybridized carbons (Fsp3) is 0.273. The monoisotopic (exact) mass is 239 g/mol. The number of carbonyl (C=O) groups is 2. The van der Waals surface area contributed by atoms with Gasteiger partial charge in [0.15, 0.2) is 0 Å². The summed E-state index contributed by atoms with van der Waals surface area (Å²) in [6, 6.07) is 3.49. The van der Waals surface area contributed by atoms with Crippen LogP contribution in [0.2, 0.25) is 0 Å². The molecular formula is C11H14FN3O2. The molecule has 4 N–H and O–H groups in total. The molecule has 17 heavy (non-hydrogen) atoms. The van der Waals surface area contributed by atoms with Crippen LogP contribution in [0.15, 0.2) is 18.2 Å². The van der Waals surface area contributed by atoms with Gasteiger partial charge < -0.3 is 16.4 Å². The number of hydrogen-bond acceptors (Lipinski definition) is 3. The molecule has 6 heteroatoms. The number of primary amides is 1. The van der Waals surface area contributed by atoms with Crippen molar-refractivity contribution in [1.82, 2.24) is 4.90 Å². The maximum absolute atomic E-state index is 12.8. The minimum absolute atomic E-state index is 0.0397. The summed E-state index contributed by atoms with van der Waals surface area (Å²) >= 11 is 0. The van der Waals surface area contributed by atoms with E-state index in [-0.39, 0.29) is 17.8 Å². The van der Waals surface area contributed by atoms with E-state index in [9.17, 15) is 14.0 Å². The summed E-state index contributed by atoms with van der Waals surface area (Å²) in [7, 11) is 0. The minimum Gasteiger partial charge on any atom is -0.398 e. The third-order valence-electron chi connectivity index (χ3n) is 2.26. The van der Waals surface area contributed by atoms with Crippen LogP contribution in [-0.4, -0.2) is 29.8 Å². The van der Waals surface area contributed by atoms with Crippen molar-refractivity contribution in [3.8, 4) is 0 Å². The first-order valence-corrected chi connectivity index (χ1v) is 5.08. The first kappa shape index (κ1) is 13.0. The fourth-order valence-corrected chi connectivity index (χ4v) is 1.41. The lowest BCUT2D eigenvalue weighted by Crippen LogP contribution is -2.38. The molecule has 0 heterocycles. The van der Waals surface area contributed by atoms with Gasteiger partial charge in [0.1, 0.15) is 5.82 Å². The van der Waals surface area contributed by atoms with Crippen LogP contribution in [0.1, 0.15) is 17.3 Å². The molecule has 0 aliphatic heterocycles. The van der Waals surface area contributed by atoms with Gasteiger partial charge in [-0.15, -0.1) is 0 Å². The van der Waals surface area contributed by atoms with E-state index in [0.717, 1.165) is 12.1 Å². The molecule has 2 amide bonds. The molecule has 0 fully saturated rings. The maximum Gasteiger partial charge on any atom is 0.256 e. The average molecular weight is 239 g/mol. The van der Waals surface area contributed by atoms with Crippen LogP contribution in [0, 0.1) is 5.82 Å². The summed E-state index contributed by atoms with van der Waals surface area (Å²) in [4.78, 5) is 24.0. The highest BCUT2D eigenvalue weighted by Gasteiger charge is 2.18. The molecule has 0 aliphatic rings. The van der Waals surface area contributed by atoms with E-state index < -0.39 is 17.6 Å². The summed E-state index contributed by atoms with van der Waals surface area (Å²) in [5.74, 6) is -1.57. The second kappa shape index (κ2) is 5.29. The topological polar surface area (TPSA) is 89.4 Å². The van der Waals surface area contributed by atoms with Gasteiger partial charge >= 0.3 is 0 Å². The molecule has 0 radical (unpaired) electrons. The van der Waals surface area contributed by atoms with Gasteiger partial charge in [0, 0.05) is 12.2 Å². The number of hydrogen-bond donors (Lipinski definition) is 2. The summed E-state index contributed by atoms with van der Waals surface area (Å²) in [6.45, 7) is 1.84. The Balaban J connectivity index is 2.97. The van der Waals surface area contributed by atoms with E-state index in [1.807, 2.05) is 0 Å². The smallest absolute Gasteiger partial charge is 0.256 e. The van der Waals surface area contributed by atoms with Gasteiger partial charge in [-0.3, -0.25) is 9.59 Å². The Morgan fingerprint density at radius 3 is 2.53 bits per heavy atom. The van der Waals surface area contributed by atoms with Crippen molar-refractivity contribution in [3.63, 3.8) is 0 Å². The average Bonchev–Trinajstić information content (AvgIpc) is 2.24. The van der Waals surface area contributed by atoms with Crippen molar-refractivity contribution in [2.75, 3.05) is 18.8 Å². The van der Waals surface area contributed by atoms with Crippen molar-refractivity contribution < 1.29 is 14.0 Å². The van der Waals surface area contributed by atoms with E-state index in [2.05, 4.69) is 0 Å². The van der Waals surface area contributed by atoms with Gasteiger partial charge in [-0.25, -0.2) is 4.39 Å². The van der Waals surface area contributed by atoms with Gasteiger partial charge in [-0.05, 0) is 25.1 Å². The Labute approximate surface area is 98.2 Å². The number of carbonyl (C=O) groups excluding carboxylic acids is 2. The predicted molar refractivity (Wildman–Crippen MR) is 61.6 cm³/mol. The molecule has 1 aromatic carbocycles. The highest BCUT2D eigenvalue weighted by Crippen LogP contribution is 2.15. The molecule has 0 atom stereocenters. The zero-order valence-electron chi connectivity index (χ0n) is 9.44. The molecule has 1 aromatic rings. The molecule has 92 valence electrons. The molecule has 1 rings (SSSR count). The Morgan fingerprint density at radius 2 is 2.06 bits per heavy atom. The molecule has 0 spiro atoms. The Bertz CT molecular complexity index is 448. The van der Waals surface area contributed by atoms with Crippen molar-refractivity contribution >= 4 is 17.5 Å². The number of rotatable bonds is 4. The number of halogens is 1. The molecule has 0 aliphatic carbocycles. The zero-order valence-corrected chi connectivity index (χ0v) is 9.44. The van der Waals surface area contributed by atoms with Crippen molar-refractivity contribution in [1.29, 1.82) is 0 Å². The highest BCUT2D eigenvalue weighted by atomic mass is 19.1. The number of nitrogens with two attached hydrogens (primary N) is 2. The van der Waals surface area contributed by atoms with Gasteiger partial charge in [0.2, 0.25) is 5.91 Å². The highest BCUT2D eigenvalue weighted by molar-refractivity contribution is 6.00. The molecule has 0 aromatic heterocycles. The van der Waals surface area contributed by atoms with Crippen LogP contribution in [0.4, 0.5) is 10.1 Å². The molecule has 0 saturated carbocycles. The van der Waals surface area contributed by atoms with Crippen molar-refractivity contribution in [2.24, 2.45) is 5.73 Å². The first-order chi connectivity index (χ1) is 7.95. The van der Waals surface area contributed by atoms with Gasteiger partial charge in [-0.1, -0.05) is 0 Å². The van der Waals surface area contributed by atoms with E-state index in [1.165, 1.54) is 11.0 Å². The van der Waals surface area contributed by atoms with Crippen LogP contribution in [0.25, 0.3) is 0 Å². The lowest BCUT2D eigenvalue weighted by Gasteiger charge is -2.19. The normalized spacial score (nSPS) is 10.0. The largest absolute Gasteiger partial charge is 0.398 e. The van der Waals surface area contributed by atoms with Crippen LogP contribution in [-0.2, 0) is 4.79 Å². The number of benzene rings is 1. The fourth-order valence-electron chi connectivity index (χ4n) is 1.41. The summed E-state index contributed by atoms with van der Waals surface area (Å²) < 4.78 is 12.8. The zero-order chi connectivity index (χ0) is 13.0. The second-order valence-electron chi connectivity index (χ2n) is 3.52. The SMILES string of the molecule is CCN(CC(N)=O)C(=O)c1ccc(F)cc1N. The molecule has 0 bridgehead atoms. The quantitative estimate of drug-likeness (QED) is 0.743. The lowest BCUT2D eigenvalue weighted by atomic mass is 10.1. The van der Waals surface area contributed by atoms with Gasteiger partial charge in [-0.2, -0.15) is 0 Å². The Morgan fingerprint density at radius 1 is 1.41 bits per heavy atom. The van der Waals surface area contributed by atoms with Crippen LogP contribution < -0.4 is 11.5 Å². The summed E-state index contributed by atoms with van der Waals surface area (Å²) in [5.41, 5.74) is 10.8. The number of anilines is 1. The van der Waals surface area contributed by atoms with Crippen molar-refractivity contribution in [2.45, 2.75) is 6.92 Å². The number of amides is 2. The summed E-state index contributed by atoms with van der Waals surface area (Å²) in [6.07, 6.45) is 0. The van der Waals surface area contributed by atoms with Gasteiger partial charge in [0.05, 0.1) is 12.1 Å². The number of nitrogens with zero attached hydrogens (tertiary/aromatic N) is 1. The first-order valence-electron chi connectivity index (χ1n) is 5.08. The summed E-state index contributed by atoms with van der Waals surface area (Å²) in [5, 5.41) is 0. The van der Waals surface area contributed by atoms with Crippen molar-refractivity contribution in [3.05, 3.63) is 29.6 Å². The van der Waals surface area contributed by atoms with E-state index in [0.29, 0.717) is 6.54 Å². The molecular weight excluding hydrogens is 225 g/mol. The molecule has 5 nitrogen and oxygen atoms in total. The van der Waals surface area contributed by atoms with Gasteiger partial charge in [0.25, 0.3) is 5.91 Å². The lowest BCUT2D eigenvalue weighted by molar-refractivity contribution is -0.118. The van der Waals surface area contributed by atoms with Crippen LogP contribution >= 0.6 is 0 Å². The molecule has 0 saturated heterocycles. The third-order valence-corrected chi connectivity index (χ3v) is 2.26. The van der Waals surface area contributed by atoms with Crippen LogP contribution in [0.3, 0.4) is 0 Å². The molecule has 0 unspecified atom stereocenters.